The summed E-state index contributed by atoms with van der Waals surface area (Å²) in [4.78, 5) is 17.0. The molecule has 3 N–H and O–H groups in total. The molecule has 3 aromatic rings. The van der Waals surface area contributed by atoms with Crippen molar-refractivity contribution in [2.75, 3.05) is 6.54 Å². The first-order valence-electron chi connectivity index (χ1n) is 8.72. The Balaban J connectivity index is 1.40. The minimum atomic E-state index is -0.354. The Bertz CT molecular complexity index is 928. The van der Waals surface area contributed by atoms with E-state index in [0.717, 1.165) is 11.1 Å². The molecule has 138 valence electrons. The van der Waals surface area contributed by atoms with Crippen LogP contribution in [0, 0.1) is 11.7 Å². The van der Waals surface area contributed by atoms with Crippen molar-refractivity contribution in [2.24, 2.45) is 5.92 Å². The van der Waals surface area contributed by atoms with Crippen molar-refractivity contribution in [3.05, 3.63) is 77.9 Å². The molecule has 27 heavy (non-hydrogen) atoms. The summed E-state index contributed by atoms with van der Waals surface area (Å²) in [5.41, 5.74) is 8.27. The summed E-state index contributed by atoms with van der Waals surface area (Å²) in [6.45, 7) is 0.725. The Kier molecular flexibility index (Phi) is 4.95. The van der Waals surface area contributed by atoms with Crippen molar-refractivity contribution in [2.45, 2.75) is 12.6 Å². The first-order valence-corrected chi connectivity index (χ1v) is 8.72. The average molecular weight is 366 g/mol. The number of hydrogen-bond acceptors (Lipinski definition) is 5. The molecule has 1 fully saturated rings. The summed E-state index contributed by atoms with van der Waals surface area (Å²) in [5.74, 6) is -0.295. The molecule has 0 bridgehead atoms. The zero-order valence-corrected chi connectivity index (χ0v) is 14.5. The van der Waals surface area contributed by atoms with E-state index in [1.165, 1.54) is 18.4 Å². The fraction of sp³-hybridized carbons (Fsp3) is 0.200. The summed E-state index contributed by atoms with van der Waals surface area (Å²) in [7, 11) is 0. The number of benzene rings is 2. The van der Waals surface area contributed by atoms with E-state index in [0.29, 0.717) is 18.1 Å². The van der Waals surface area contributed by atoms with E-state index in [9.17, 15) is 9.18 Å². The van der Waals surface area contributed by atoms with E-state index in [2.05, 4.69) is 21.2 Å². The van der Waals surface area contributed by atoms with Crippen molar-refractivity contribution >= 4 is 5.91 Å². The van der Waals surface area contributed by atoms with Gasteiger partial charge in [0, 0.05) is 12.1 Å². The highest BCUT2D eigenvalue weighted by Gasteiger charge is 2.34. The van der Waals surface area contributed by atoms with Crippen LogP contribution in [-0.2, 0) is 11.3 Å². The Hall–Kier alpha value is -3.03. The van der Waals surface area contributed by atoms with Crippen LogP contribution >= 0.6 is 0 Å². The second-order valence-corrected chi connectivity index (χ2v) is 6.39. The molecule has 1 aromatic heterocycles. The van der Waals surface area contributed by atoms with Gasteiger partial charge in [-0.25, -0.2) is 14.8 Å². The number of oxazole rings is 1. The Labute approximate surface area is 155 Å². The van der Waals surface area contributed by atoms with Gasteiger partial charge in [0.05, 0.1) is 24.2 Å². The molecule has 0 radical (unpaired) electrons. The van der Waals surface area contributed by atoms with E-state index >= 15 is 0 Å². The van der Waals surface area contributed by atoms with Gasteiger partial charge < -0.3 is 9.73 Å². The van der Waals surface area contributed by atoms with Crippen LogP contribution in [0.15, 0.2) is 65.3 Å². The van der Waals surface area contributed by atoms with Gasteiger partial charge in [0.2, 0.25) is 11.8 Å². The van der Waals surface area contributed by atoms with E-state index in [4.69, 9.17) is 4.42 Å². The monoisotopic (exact) mass is 366 g/mol. The van der Waals surface area contributed by atoms with Gasteiger partial charge in [-0.3, -0.25) is 10.2 Å². The third-order valence-corrected chi connectivity index (χ3v) is 4.54. The second kappa shape index (κ2) is 7.69. The lowest BCUT2D eigenvalue weighted by atomic mass is 9.94. The fourth-order valence-electron chi connectivity index (χ4n) is 3.17. The molecular weight excluding hydrogens is 347 g/mol. The van der Waals surface area contributed by atoms with E-state index in [-0.39, 0.29) is 30.2 Å². The predicted octanol–water partition coefficient (Wildman–Crippen LogP) is 2.56. The number of carbonyl (C=O) groups is 1. The smallest absolute Gasteiger partial charge is 0.226 e. The van der Waals surface area contributed by atoms with E-state index in [1.807, 2.05) is 30.3 Å². The number of rotatable bonds is 5. The van der Waals surface area contributed by atoms with Crippen LogP contribution in [0.3, 0.4) is 0 Å². The number of amides is 1. The lowest BCUT2D eigenvalue weighted by molar-refractivity contribution is -0.125. The number of nitrogens with one attached hydrogen (secondary N) is 3. The highest BCUT2D eigenvalue weighted by molar-refractivity contribution is 5.80. The molecule has 0 saturated carbocycles. The lowest BCUT2D eigenvalue weighted by Crippen LogP contribution is -2.34. The van der Waals surface area contributed by atoms with Gasteiger partial charge in [-0.05, 0) is 29.8 Å². The Morgan fingerprint density at radius 3 is 2.89 bits per heavy atom. The van der Waals surface area contributed by atoms with Gasteiger partial charge in [-0.2, -0.15) is 0 Å². The molecule has 2 heterocycles. The zero-order chi connectivity index (χ0) is 18.6. The number of carbonyl (C=O) groups excluding carboxylic acids is 1. The molecule has 2 unspecified atom stereocenters. The summed E-state index contributed by atoms with van der Waals surface area (Å²) in [6, 6.07) is 15.5. The predicted molar refractivity (Wildman–Crippen MR) is 97.6 cm³/mol. The molecule has 0 aliphatic carbocycles. The molecule has 2 atom stereocenters. The maximum Gasteiger partial charge on any atom is 0.226 e. The van der Waals surface area contributed by atoms with Crippen LogP contribution in [-0.4, -0.2) is 17.4 Å². The van der Waals surface area contributed by atoms with Gasteiger partial charge in [0.15, 0.2) is 0 Å². The summed E-state index contributed by atoms with van der Waals surface area (Å²) in [6.07, 6.45) is 1.54. The molecule has 0 spiro atoms. The third kappa shape index (κ3) is 3.89. The maximum atomic E-state index is 13.5. The molecule has 1 amide bonds. The minimum Gasteiger partial charge on any atom is -0.444 e. The van der Waals surface area contributed by atoms with Crippen molar-refractivity contribution < 1.29 is 13.6 Å². The highest BCUT2D eigenvalue weighted by atomic mass is 19.1. The normalized spacial score (nSPS) is 19.1. The number of hydrazine groups is 1. The Morgan fingerprint density at radius 1 is 1.22 bits per heavy atom. The molecule has 7 heteroatoms. The van der Waals surface area contributed by atoms with Crippen molar-refractivity contribution in [1.82, 2.24) is 21.2 Å². The number of aromatic nitrogens is 1. The van der Waals surface area contributed by atoms with Crippen molar-refractivity contribution in [1.29, 1.82) is 0 Å². The van der Waals surface area contributed by atoms with Crippen LogP contribution in [0.1, 0.15) is 17.3 Å². The number of hydrogen-bond donors (Lipinski definition) is 3. The van der Waals surface area contributed by atoms with Gasteiger partial charge in [0.25, 0.3) is 0 Å². The zero-order valence-electron chi connectivity index (χ0n) is 14.5. The minimum absolute atomic E-state index is 0.133. The third-order valence-electron chi connectivity index (χ3n) is 4.54. The molecule has 2 aromatic carbocycles. The van der Waals surface area contributed by atoms with Crippen LogP contribution in [0.2, 0.25) is 0 Å². The molecule has 1 saturated heterocycles. The fourth-order valence-corrected chi connectivity index (χ4v) is 3.17. The molecule has 1 aliphatic rings. The number of nitrogens with zero attached hydrogens (tertiary/aromatic N) is 1. The van der Waals surface area contributed by atoms with Gasteiger partial charge in [0.1, 0.15) is 12.1 Å². The van der Waals surface area contributed by atoms with Gasteiger partial charge in [-0.1, -0.05) is 30.3 Å². The highest BCUT2D eigenvalue weighted by Crippen LogP contribution is 2.25. The maximum absolute atomic E-state index is 13.5. The topological polar surface area (TPSA) is 79.2 Å². The molecule has 6 nitrogen and oxygen atoms in total. The van der Waals surface area contributed by atoms with Crippen molar-refractivity contribution in [3.63, 3.8) is 0 Å². The SMILES string of the molecule is O=C(NCc1coc(-c2ccccc2)n1)C1CNNC1c1cccc(F)c1. The Morgan fingerprint density at radius 2 is 2.07 bits per heavy atom. The summed E-state index contributed by atoms with van der Waals surface area (Å²) < 4.78 is 19.0. The van der Waals surface area contributed by atoms with Crippen LogP contribution in [0.4, 0.5) is 4.39 Å². The van der Waals surface area contributed by atoms with E-state index < -0.39 is 0 Å². The first-order chi connectivity index (χ1) is 13.2. The van der Waals surface area contributed by atoms with Gasteiger partial charge in [-0.15, -0.1) is 0 Å². The second-order valence-electron chi connectivity index (χ2n) is 6.39. The van der Waals surface area contributed by atoms with E-state index in [1.54, 1.807) is 12.1 Å². The molecular formula is C20H19FN4O2. The molecule has 1 aliphatic heterocycles. The first kappa shape index (κ1) is 17.4. The summed E-state index contributed by atoms with van der Waals surface area (Å²) in [5, 5.41) is 2.88. The molecule has 4 rings (SSSR count). The quantitative estimate of drug-likeness (QED) is 0.647. The van der Waals surface area contributed by atoms with Crippen molar-refractivity contribution in [3.8, 4) is 11.5 Å². The van der Waals surface area contributed by atoms with Crippen LogP contribution < -0.4 is 16.2 Å². The largest absolute Gasteiger partial charge is 0.444 e. The summed E-state index contributed by atoms with van der Waals surface area (Å²) >= 11 is 0. The van der Waals surface area contributed by atoms with Crippen LogP contribution in [0.5, 0.6) is 0 Å². The standard InChI is InChI=1S/C20H19FN4O2/c21-15-8-4-7-14(9-15)18-17(11-23-25-18)19(26)22-10-16-12-27-20(24-16)13-5-2-1-3-6-13/h1-9,12,17-18,23,25H,10-11H2,(H,22,26). The lowest BCUT2D eigenvalue weighted by Gasteiger charge is -2.18. The van der Waals surface area contributed by atoms with Gasteiger partial charge >= 0.3 is 0 Å². The number of halogens is 1. The average Bonchev–Trinajstić information content (AvgIpc) is 3.36. The van der Waals surface area contributed by atoms with Crippen LogP contribution in [0.25, 0.3) is 11.5 Å².